The van der Waals surface area contributed by atoms with E-state index in [9.17, 15) is 0 Å². The number of hydrogen-bond acceptors (Lipinski definition) is 0. The first-order valence-corrected chi connectivity index (χ1v) is 13.6. The van der Waals surface area contributed by atoms with Crippen molar-refractivity contribution in [2.24, 2.45) is 11.8 Å². The first-order chi connectivity index (χ1) is 16.2. The van der Waals surface area contributed by atoms with E-state index in [0.717, 1.165) is 29.7 Å². The van der Waals surface area contributed by atoms with Gasteiger partial charge in [-0.05, 0) is 116 Å². The Morgan fingerprint density at radius 2 is 1.30 bits per heavy atom. The number of aryl methyl sites for hydroxylation is 1. The van der Waals surface area contributed by atoms with Gasteiger partial charge in [-0.3, -0.25) is 0 Å². The van der Waals surface area contributed by atoms with Crippen molar-refractivity contribution in [1.82, 2.24) is 0 Å². The van der Waals surface area contributed by atoms with Crippen LogP contribution < -0.4 is 0 Å². The standard InChI is InChI=1S/C33H42/c1-3-7-27-12-20-31(21-13-27)33-24-16-29(17-25-33)9-6-5-8-28-14-22-32(23-15-28)30-18-10-26(4-2)11-19-30/h5,8,10-11,16-19,24-25,27-28,31-32H,3-4,7,12-15,20-23H2,1-2H3/b8-5+. The Morgan fingerprint density at radius 1 is 0.727 bits per heavy atom. The van der Waals surface area contributed by atoms with Gasteiger partial charge >= 0.3 is 0 Å². The fourth-order valence-corrected chi connectivity index (χ4v) is 6.01. The molecule has 0 amide bonds. The van der Waals surface area contributed by atoms with Crippen molar-refractivity contribution < 1.29 is 0 Å². The van der Waals surface area contributed by atoms with Crippen LogP contribution in [0.25, 0.3) is 0 Å². The van der Waals surface area contributed by atoms with Gasteiger partial charge < -0.3 is 0 Å². The molecule has 0 heterocycles. The molecule has 0 radical (unpaired) electrons. The molecule has 0 aromatic heterocycles. The smallest absolute Gasteiger partial charge is 0.0249 e. The lowest BCUT2D eigenvalue weighted by molar-refractivity contribution is 0.308. The Morgan fingerprint density at radius 3 is 1.88 bits per heavy atom. The minimum Gasteiger partial charge on any atom is -0.0730 e. The summed E-state index contributed by atoms with van der Waals surface area (Å²) in [6.45, 7) is 4.54. The van der Waals surface area contributed by atoms with E-state index in [0.29, 0.717) is 5.92 Å². The van der Waals surface area contributed by atoms with E-state index in [-0.39, 0.29) is 0 Å². The number of allylic oxidation sites excluding steroid dienone is 2. The Kier molecular flexibility index (Phi) is 8.88. The highest BCUT2D eigenvalue weighted by atomic mass is 14.3. The van der Waals surface area contributed by atoms with Crippen molar-refractivity contribution in [1.29, 1.82) is 0 Å². The maximum Gasteiger partial charge on any atom is 0.0249 e. The lowest BCUT2D eigenvalue weighted by Crippen LogP contribution is -2.13. The van der Waals surface area contributed by atoms with Crippen LogP contribution in [0.4, 0.5) is 0 Å². The third-order valence-corrected chi connectivity index (χ3v) is 8.23. The molecule has 0 nitrogen and oxygen atoms in total. The molecule has 2 fully saturated rings. The van der Waals surface area contributed by atoms with E-state index >= 15 is 0 Å². The summed E-state index contributed by atoms with van der Waals surface area (Å²) in [6.07, 6.45) is 19.1. The summed E-state index contributed by atoms with van der Waals surface area (Å²) in [5, 5.41) is 0. The second-order valence-corrected chi connectivity index (χ2v) is 10.5. The van der Waals surface area contributed by atoms with E-state index in [4.69, 9.17) is 0 Å². The highest BCUT2D eigenvalue weighted by molar-refractivity contribution is 5.39. The van der Waals surface area contributed by atoms with Gasteiger partial charge in [-0.2, -0.15) is 0 Å². The number of rotatable bonds is 6. The Balaban J connectivity index is 1.22. The average Bonchev–Trinajstić information content (AvgIpc) is 2.88. The first-order valence-electron chi connectivity index (χ1n) is 13.6. The third kappa shape index (κ3) is 6.86. The Labute approximate surface area is 202 Å². The van der Waals surface area contributed by atoms with Gasteiger partial charge in [0.1, 0.15) is 0 Å². The molecule has 0 N–H and O–H groups in total. The van der Waals surface area contributed by atoms with Crippen molar-refractivity contribution in [2.75, 3.05) is 0 Å². The Hall–Kier alpha value is -2.26. The second kappa shape index (κ2) is 12.3. The maximum atomic E-state index is 3.35. The maximum absolute atomic E-state index is 3.35. The molecular weight excluding hydrogens is 396 g/mol. The SMILES string of the molecule is CCCC1CCC(c2ccc(C#C/C=C/C3CCC(c4ccc(CC)cc4)CC3)cc2)CC1. The molecule has 0 aliphatic heterocycles. The van der Waals surface area contributed by atoms with Crippen LogP contribution >= 0.6 is 0 Å². The molecule has 33 heavy (non-hydrogen) atoms. The highest BCUT2D eigenvalue weighted by Gasteiger charge is 2.22. The van der Waals surface area contributed by atoms with Crippen LogP contribution in [-0.2, 0) is 6.42 Å². The summed E-state index contributed by atoms with van der Waals surface area (Å²) < 4.78 is 0. The van der Waals surface area contributed by atoms with Crippen molar-refractivity contribution >= 4 is 0 Å². The van der Waals surface area contributed by atoms with Gasteiger partial charge in [-0.25, -0.2) is 0 Å². The molecular formula is C33H42. The lowest BCUT2D eigenvalue weighted by Gasteiger charge is -2.28. The fraction of sp³-hybridized carbons (Fsp3) is 0.515. The molecule has 2 aliphatic rings. The molecule has 2 aromatic rings. The van der Waals surface area contributed by atoms with Gasteiger partial charge in [-0.15, -0.1) is 0 Å². The van der Waals surface area contributed by atoms with Gasteiger partial charge in [0.15, 0.2) is 0 Å². The number of benzene rings is 2. The molecule has 0 saturated heterocycles. The van der Waals surface area contributed by atoms with Crippen molar-refractivity contribution in [3.8, 4) is 11.8 Å². The fourth-order valence-electron chi connectivity index (χ4n) is 6.01. The number of hydrogen-bond donors (Lipinski definition) is 0. The van der Waals surface area contributed by atoms with Crippen LogP contribution in [0.5, 0.6) is 0 Å². The van der Waals surface area contributed by atoms with Gasteiger partial charge in [0.25, 0.3) is 0 Å². The molecule has 2 saturated carbocycles. The van der Waals surface area contributed by atoms with E-state index in [1.807, 2.05) is 0 Å². The van der Waals surface area contributed by atoms with Crippen LogP contribution in [0, 0.1) is 23.7 Å². The van der Waals surface area contributed by atoms with Gasteiger partial charge in [0.2, 0.25) is 0 Å². The van der Waals surface area contributed by atoms with E-state index in [2.05, 4.69) is 86.4 Å². The zero-order valence-corrected chi connectivity index (χ0v) is 20.9. The minimum absolute atomic E-state index is 0.690. The van der Waals surface area contributed by atoms with Crippen LogP contribution in [0.1, 0.15) is 112 Å². The van der Waals surface area contributed by atoms with Gasteiger partial charge in [0, 0.05) is 5.56 Å². The molecule has 0 unspecified atom stereocenters. The molecule has 0 atom stereocenters. The Bertz CT molecular complexity index is 918. The van der Waals surface area contributed by atoms with Crippen LogP contribution in [0.3, 0.4) is 0 Å². The average molecular weight is 439 g/mol. The van der Waals surface area contributed by atoms with Gasteiger partial charge in [-0.1, -0.05) is 81.0 Å². The summed E-state index contributed by atoms with van der Waals surface area (Å²) >= 11 is 0. The van der Waals surface area contributed by atoms with Crippen LogP contribution in [0.15, 0.2) is 60.7 Å². The monoisotopic (exact) mass is 438 g/mol. The van der Waals surface area contributed by atoms with Crippen LogP contribution in [-0.4, -0.2) is 0 Å². The minimum atomic E-state index is 0.690. The summed E-state index contributed by atoms with van der Waals surface area (Å²) in [7, 11) is 0. The zero-order chi connectivity index (χ0) is 22.9. The normalized spacial score (nSPS) is 25.5. The quantitative estimate of drug-likeness (QED) is 0.394. The lowest BCUT2D eigenvalue weighted by atomic mass is 9.77. The second-order valence-electron chi connectivity index (χ2n) is 10.5. The first kappa shape index (κ1) is 23.9. The molecule has 2 aliphatic carbocycles. The van der Waals surface area contributed by atoms with Crippen LogP contribution in [0.2, 0.25) is 0 Å². The molecule has 0 heteroatoms. The summed E-state index contributed by atoms with van der Waals surface area (Å²) in [6, 6.07) is 18.4. The summed E-state index contributed by atoms with van der Waals surface area (Å²) in [5.41, 5.74) is 5.64. The topological polar surface area (TPSA) is 0 Å². The van der Waals surface area contributed by atoms with E-state index in [1.54, 1.807) is 0 Å². The van der Waals surface area contributed by atoms with Gasteiger partial charge in [0.05, 0.1) is 0 Å². The van der Waals surface area contributed by atoms with Crippen molar-refractivity contribution in [2.45, 2.75) is 96.3 Å². The largest absolute Gasteiger partial charge is 0.0730 e. The predicted molar refractivity (Wildman–Crippen MR) is 143 cm³/mol. The predicted octanol–water partition coefficient (Wildman–Crippen LogP) is 9.20. The molecule has 0 bridgehead atoms. The molecule has 2 aromatic carbocycles. The van der Waals surface area contributed by atoms with E-state index < -0.39 is 0 Å². The molecule has 0 spiro atoms. The molecule has 174 valence electrons. The summed E-state index contributed by atoms with van der Waals surface area (Å²) in [4.78, 5) is 0. The highest BCUT2D eigenvalue weighted by Crippen LogP contribution is 2.38. The van der Waals surface area contributed by atoms with E-state index in [1.165, 1.54) is 80.9 Å². The summed E-state index contributed by atoms with van der Waals surface area (Å²) in [5.74, 6) is 9.81. The zero-order valence-electron chi connectivity index (χ0n) is 20.9. The van der Waals surface area contributed by atoms with Crippen molar-refractivity contribution in [3.63, 3.8) is 0 Å². The van der Waals surface area contributed by atoms with Crippen molar-refractivity contribution in [3.05, 3.63) is 82.9 Å². The molecule has 4 rings (SSSR count). The third-order valence-electron chi connectivity index (χ3n) is 8.23.